The van der Waals surface area contributed by atoms with Gasteiger partial charge >= 0.3 is 0 Å². The summed E-state index contributed by atoms with van der Waals surface area (Å²) in [6.07, 6.45) is 1.72. The van der Waals surface area contributed by atoms with E-state index < -0.39 is 10.0 Å². The molecule has 100 valence electrons. The highest BCUT2D eigenvalue weighted by atomic mass is 32.2. The van der Waals surface area contributed by atoms with Gasteiger partial charge in [-0.1, -0.05) is 0 Å². The first-order valence-electron chi connectivity index (χ1n) is 5.92. The van der Waals surface area contributed by atoms with Gasteiger partial charge in [0.2, 0.25) is 10.0 Å². The molecule has 5 nitrogen and oxygen atoms in total. The SMILES string of the molecule is COC1CCCN(S(=O)(=O)c2ccc(N)cc2)C1. The maximum atomic E-state index is 12.4. The number of methoxy groups -OCH3 is 1. The predicted octanol–water partition coefficient (Wildman–Crippen LogP) is 1.07. The van der Waals surface area contributed by atoms with Crippen LogP contribution in [0.15, 0.2) is 29.2 Å². The molecule has 0 amide bonds. The van der Waals surface area contributed by atoms with Gasteiger partial charge < -0.3 is 10.5 Å². The van der Waals surface area contributed by atoms with Crippen LogP contribution in [0.2, 0.25) is 0 Å². The highest BCUT2D eigenvalue weighted by Gasteiger charge is 2.29. The smallest absolute Gasteiger partial charge is 0.243 e. The Morgan fingerprint density at radius 3 is 2.61 bits per heavy atom. The number of hydrogen-bond acceptors (Lipinski definition) is 4. The first-order chi connectivity index (χ1) is 8.54. The summed E-state index contributed by atoms with van der Waals surface area (Å²) in [6, 6.07) is 6.29. The van der Waals surface area contributed by atoms with Gasteiger partial charge in [-0.2, -0.15) is 4.31 Å². The second kappa shape index (κ2) is 5.26. The Morgan fingerprint density at radius 1 is 1.33 bits per heavy atom. The van der Waals surface area contributed by atoms with Gasteiger partial charge in [-0.15, -0.1) is 0 Å². The summed E-state index contributed by atoms with van der Waals surface area (Å²) < 4.78 is 31.5. The summed E-state index contributed by atoms with van der Waals surface area (Å²) in [5.74, 6) is 0. The minimum Gasteiger partial charge on any atom is -0.399 e. The van der Waals surface area contributed by atoms with Gasteiger partial charge in [0.25, 0.3) is 0 Å². The quantitative estimate of drug-likeness (QED) is 0.834. The summed E-state index contributed by atoms with van der Waals surface area (Å²) in [7, 11) is -1.81. The van der Waals surface area contributed by atoms with Gasteiger partial charge in [0, 0.05) is 25.9 Å². The van der Waals surface area contributed by atoms with Crippen LogP contribution < -0.4 is 5.73 Å². The second-order valence-electron chi connectivity index (χ2n) is 4.43. The van der Waals surface area contributed by atoms with Gasteiger partial charge in [0.05, 0.1) is 11.0 Å². The van der Waals surface area contributed by atoms with Crippen LogP contribution in [0.4, 0.5) is 5.69 Å². The lowest BCUT2D eigenvalue weighted by atomic mass is 10.1. The number of piperidine rings is 1. The number of anilines is 1. The Kier molecular flexibility index (Phi) is 3.89. The molecular weight excluding hydrogens is 252 g/mol. The van der Waals surface area contributed by atoms with Crippen LogP contribution >= 0.6 is 0 Å². The minimum atomic E-state index is -3.42. The highest BCUT2D eigenvalue weighted by Crippen LogP contribution is 2.22. The van der Waals surface area contributed by atoms with Crippen molar-refractivity contribution in [1.29, 1.82) is 0 Å². The summed E-state index contributed by atoms with van der Waals surface area (Å²) in [5, 5.41) is 0. The van der Waals surface area contributed by atoms with E-state index in [4.69, 9.17) is 10.5 Å². The number of sulfonamides is 1. The van der Waals surface area contributed by atoms with E-state index in [0.717, 1.165) is 12.8 Å². The molecule has 1 aromatic carbocycles. The number of nitrogens with two attached hydrogens (primary N) is 1. The molecule has 0 bridgehead atoms. The number of rotatable bonds is 3. The Balaban J connectivity index is 2.22. The third kappa shape index (κ3) is 2.66. The first-order valence-corrected chi connectivity index (χ1v) is 7.36. The van der Waals surface area contributed by atoms with Crippen LogP contribution in [0.5, 0.6) is 0 Å². The molecule has 0 radical (unpaired) electrons. The van der Waals surface area contributed by atoms with Crippen LogP contribution in [0.3, 0.4) is 0 Å². The van der Waals surface area contributed by atoms with Crippen LogP contribution in [0.25, 0.3) is 0 Å². The largest absolute Gasteiger partial charge is 0.399 e. The number of nitrogen functional groups attached to an aromatic ring is 1. The predicted molar refractivity (Wildman–Crippen MR) is 69.6 cm³/mol. The first kappa shape index (κ1) is 13.3. The molecule has 1 heterocycles. The molecule has 1 aliphatic heterocycles. The second-order valence-corrected chi connectivity index (χ2v) is 6.37. The van der Waals surface area contributed by atoms with E-state index in [9.17, 15) is 8.42 Å². The molecule has 0 aliphatic carbocycles. The van der Waals surface area contributed by atoms with Crippen molar-refractivity contribution in [3.63, 3.8) is 0 Å². The van der Waals surface area contributed by atoms with Crippen molar-refractivity contribution in [2.45, 2.75) is 23.8 Å². The van der Waals surface area contributed by atoms with Crippen molar-refractivity contribution < 1.29 is 13.2 Å². The Bertz CT molecular complexity index is 499. The zero-order chi connectivity index (χ0) is 13.2. The van der Waals surface area contributed by atoms with Crippen LogP contribution in [0, 0.1) is 0 Å². The lowest BCUT2D eigenvalue weighted by Crippen LogP contribution is -2.42. The number of nitrogens with zero attached hydrogens (tertiary/aromatic N) is 1. The van der Waals surface area contributed by atoms with Gasteiger partial charge in [-0.3, -0.25) is 0 Å². The van der Waals surface area contributed by atoms with E-state index in [1.807, 2.05) is 0 Å². The van der Waals surface area contributed by atoms with Crippen LogP contribution in [0.1, 0.15) is 12.8 Å². The fourth-order valence-electron chi connectivity index (χ4n) is 2.10. The van der Waals surface area contributed by atoms with E-state index in [1.165, 1.54) is 4.31 Å². The third-order valence-electron chi connectivity index (χ3n) is 3.19. The molecule has 18 heavy (non-hydrogen) atoms. The van der Waals surface area contributed by atoms with E-state index in [2.05, 4.69) is 0 Å². The Labute approximate surface area is 108 Å². The van der Waals surface area contributed by atoms with Crippen molar-refractivity contribution in [2.24, 2.45) is 0 Å². The molecule has 0 saturated carbocycles. The molecule has 1 saturated heterocycles. The van der Waals surface area contributed by atoms with Gasteiger partial charge in [0.15, 0.2) is 0 Å². The monoisotopic (exact) mass is 270 g/mol. The zero-order valence-electron chi connectivity index (χ0n) is 10.4. The van der Waals surface area contributed by atoms with Crippen LogP contribution in [-0.4, -0.2) is 39.0 Å². The number of ether oxygens (including phenoxy) is 1. The molecule has 0 spiro atoms. The summed E-state index contributed by atoms with van der Waals surface area (Å²) >= 11 is 0. The van der Waals surface area contributed by atoms with Crippen LogP contribution in [-0.2, 0) is 14.8 Å². The van der Waals surface area contributed by atoms with E-state index in [-0.39, 0.29) is 11.0 Å². The van der Waals surface area contributed by atoms with E-state index >= 15 is 0 Å². The standard InChI is InChI=1S/C12H18N2O3S/c1-17-11-3-2-8-14(9-11)18(15,16)12-6-4-10(13)5-7-12/h4-7,11H,2-3,8-9,13H2,1H3. The van der Waals surface area contributed by atoms with Crippen molar-refractivity contribution in [3.05, 3.63) is 24.3 Å². The summed E-state index contributed by atoms with van der Waals surface area (Å²) in [4.78, 5) is 0.286. The Hall–Kier alpha value is -1.11. The lowest BCUT2D eigenvalue weighted by Gasteiger charge is -2.31. The fourth-order valence-corrected chi connectivity index (χ4v) is 3.61. The molecule has 1 aromatic rings. The van der Waals surface area contributed by atoms with Gasteiger partial charge in [-0.25, -0.2) is 8.42 Å². The fraction of sp³-hybridized carbons (Fsp3) is 0.500. The summed E-state index contributed by atoms with van der Waals surface area (Å²) in [5.41, 5.74) is 6.12. The average molecular weight is 270 g/mol. The van der Waals surface area contributed by atoms with E-state index in [1.54, 1.807) is 31.4 Å². The van der Waals surface area contributed by atoms with Crippen molar-refractivity contribution >= 4 is 15.7 Å². The Morgan fingerprint density at radius 2 is 2.00 bits per heavy atom. The molecule has 1 unspecified atom stereocenters. The minimum absolute atomic E-state index is 0.0118. The van der Waals surface area contributed by atoms with Crippen molar-refractivity contribution in [3.8, 4) is 0 Å². The molecule has 1 fully saturated rings. The molecule has 6 heteroatoms. The molecule has 2 rings (SSSR count). The molecule has 2 N–H and O–H groups in total. The van der Waals surface area contributed by atoms with Gasteiger partial charge in [0.1, 0.15) is 0 Å². The maximum absolute atomic E-state index is 12.4. The topological polar surface area (TPSA) is 72.6 Å². The molecule has 0 aromatic heterocycles. The third-order valence-corrected chi connectivity index (χ3v) is 5.07. The highest BCUT2D eigenvalue weighted by molar-refractivity contribution is 7.89. The average Bonchev–Trinajstić information content (AvgIpc) is 2.39. The number of hydrogen-bond donors (Lipinski definition) is 1. The zero-order valence-corrected chi connectivity index (χ0v) is 11.2. The molecule has 1 aliphatic rings. The van der Waals surface area contributed by atoms with Crippen molar-refractivity contribution in [1.82, 2.24) is 4.31 Å². The molecular formula is C12H18N2O3S. The number of benzene rings is 1. The van der Waals surface area contributed by atoms with E-state index in [0.29, 0.717) is 18.8 Å². The normalized spacial score (nSPS) is 21.9. The lowest BCUT2D eigenvalue weighted by molar-refractivity contribution is 0.0572. The van der Waals surface area contributed by atoms with Gasteiger partial charge in [-0.05, 0) is 37.1 Å². The molecule has 1 atom stereocenters. The summed E-state index contributed by atoms with van der Waals surface area (Å²) in [6.45, 7) is 0.968. The van der Waals surface area contributed by atoms with Crippen molar-refractivity contribution in [2.75, 3.05) is 25.9 Å². The maximum Gasteiger partial charge on any atom is 0.243 e.